The highest BCUT2D eigenvalue weighted by atomic mass is 16.5. The molecule has 0 aromatic carbocycles. The number of aryl methyl sites for hydroxylation is 3. The second kappa shape index (κ2) is 8.78. The summed E-state index contributed by atoms with van der Waals surface area (Å²) < 4.78 is 7.90. The molecule has 33 heavy (non-hydrogen) atoms. The van der Waals surface area contributed by atoms with Gasteiger partial charge in [0.05, 0.1) is 23.9 Å². The monoisotopic (exact) mass is 446 g/mol. The van der Waals surface area contributed by atoms with Crippen LogP contribution < -0.4 is 10.1 Å². The van der Waals surface area contributed by atoms with Crippen LogP contribution in [-0.4, -0.2) is 41.9 Å². The maximum atomic E-state index is 10.2. The largest absolute Gasteiger partial charge is 0.491 e. The number of pyridine rings is 2. The smallest absolute Gasteiger partial charge is 0.154 e. The number of nitrogens with one attached hydrogen (secondary N) is 1. The lowest BCUT2D eigenvalue weighted by atomic mass is 9.94. The maximum absolute atomic E-state index is 10.2. The molecular formula is C25H30N6O2. The van der Waals surface area contributed by atoms with Crippen LogP contribution in [0.15, 0.2) is 42.7 Å². The molecule has 0 bridgehead atoms. The van der Waals surface area contributed by atoms with Crippen LogP contribution in [0.4, 0.5) is 11.6 Å². The first-order valence-corrected chi connectivity index (χ1v) is 11.0. The van der Waals surface area contributed by atoms with E-state index in [0.717, 1.165) is 28.0 Å². The Bertz CT molecular complexity index is 1270. The first kappa shape index (κ1) is 22.7. The van der Waals surface area contributed by atoms with Crippen molar-refractivity contribution in [3.05, 3.63) is 59.9 Å². The van der Waals surface area contributed by atoms with E-state index in [4.69, 9.17) is 4.74 Å². The SMILES string of the molecule is Cc1cc(-c2ccn3nc(Nc4cc(C)nc(C)n4)cc3c2)c(OCC(C)C(C)(C)O)cn1. The zero-order chi connectivity index (χ0) is 23.8. The summed E-state index contributed by atoms with van der Waals surface area (Å²) in [6, 6.07) is 9.94. The van der Waals surface area contributed by atoms with Crippen molar-refractivity contribution in [2.75, 3.05) is 11.9 Å². The molecule has 8 nitrogen and oxygen atoms in total. The van der Waals surface area contributed by atoms with Crippen LogP contribution in [-0.2, 0) is 0 Å². The van der Waals surface area contributed by atoms with E-state index in [2.05, 4.69) is 31.4 Å². The number of ether oxygens (including phenoxy) is 1. The minimum Gasteiger partial charge on any atom is -0.491 e. The van der Waals surface area contributed by atoms with E-state index < -0.39 is 5.60 Å². The molecule has 4 aromatic rings. The fourth-order valence-corrected chi connectivity index (χ4v) is 3.44. The van der Waals surface area contributed by atoms with E-state index in [1.165, 1.54) is 0 Å². The molecule has 4 rings (SSSR count). The average Bonchev–Trinajstić information content (AvgIpc) is 3.12. The van der Waals surface area contributed by atoms with E-state index in [-0.39, 0.29) is 5.92 Å². The standard InChI is InChI=1S/C25H30N6O2/c1-15(25(5,6)32)14-33-22-13-26-16(2)9-21(22)19-7-8-31-20(11-19)12-24(30-31)29-23-10-17(3)27-18(4)28-23/h7-13,15,32H,14H2,1-6H3,(H,27,28,29,30). The zero-order valence-electron chi connectivity index (χ0n) is 19.9. The fraction of sp³-hybridized carbons (Fsp3) is 0.360. The molecule has 0 saturated heterocycles. The van der Waals surface area contributed by atoms with Gasteiger partial charge in [0.2, 0.25) is 0 Å². The normalized spacial score (nSPS) is 12.7. The first-order valence-electron chi connectivity index (χ1n) is 11.0. The second-order valence-corrected chi connectivity index (χ2v) is 9.07. The Morgan fingerprint density at radius 2 is 1.85 bits per heavy atom. The number of rotatable bonds is 7. The van der Waals surface area contributed by atoms with Gasteiger partial charge in [0.25, 0.3) is 0 Å². The lowest BCUT2D eigenvalue weighted by Crippen LogP contribution is -2.32. The Kier molecular flexibility index (Phi) is 6.03. The van der Waals surface area contributed by atoms with Crippen molar-refractivity contribution < 1.29 is 9.84 Å². The highest BCUT2D eigenvalue weighted by Gasteiger charge is 2.23. The van der Waals surface area contributed by atoms with E-state index in [1.807, 2.05) is 62.7 Å². The van der Waals surface area contributed by atoms with E-state index in [9.17, 15) is 5.11 Å². The predicted molar refractivity (Wildman–Crippen MR) is 129 cm³/mol. The lowest BCUT2D eigenvalue weighted by molar-refractivity contribution is 0.00497. The third-order valence-electron chi connectivity index (χ3n) is 5.70. The molecule has 2 N–H and O–H groups in total. The van der Waals surface area contributed by atoms with Gasteiger partial charge >= 0.3 is 0 Å². The van der Waals surface area contributed by atoms with Gasteiger partial charge in [0, 0.05) is 41.2 Å². The summed E-state index contributed by atoms with van der Waals surface area (Å²) in [5.74, 6) is 2.77. The van der Waals surface area contributed by atoms with Gasteiger partial charge in [-0.3, -0.25) is 4.98 Å². The van der Waals surface area contributed by atoms with E-state index in [0.29, 0.717) is 29.8 Å². The summed E-state index contributed by atoms with van der Waals surface area (Å²) in [6.45, 7) is 11.7. The number of anilines is 2. The summed E-state index contributed by atoms with van der Waals surface area (Å²) in [4.78, 5) is 13.1. The number of hydrogen-bond acceptors (Lipinski definition) is 7. The number of hydrogen-bond donors (Lipinski definition) is 2. The Balaban J connectivity index is 1.63. The Morgan fingerprint density at radius 1 is 1.06 bits per heavy atom. The van der Waals surface area contributed by atoms with Crippen molar-refractivity contribution in [2.45, 2.75) is 47.1 Å². The molecule has 0 spiro atoms. The van der Waals surface area contributed by atoms with E-state index in [1.54, 1.807) is 20.0 Å². The van der Waals surface area contributed by atoms with Crippen molar-refractivity contribution >= 4 is 17.2 Å². The summed E-state index contributed by atoms with van der Waals surface area (Å²) in [6.07, 6.45) is 3.67. The number of nitrogens with zero attached hydrogens (tertiary/aromatic N) is 5. The van der Waals surface area contributed by atoms with Crippen LogP contribution in [0.2, 0.25) is 0 Å². The molecule has 4 aromatic heterocycles. The molecule has 4 heterocycles. The van der Waals surface area contributed by atoms with Gasteiger partial charge in [0.1, 0.15) is 17.4 Å². The molecular weight excluding hydrogens is 416 g/mol. The average molecular weight is 447 g/mol. The summed E-state index contributed by atoms with van der Waals surface area (Å²) in [5, 5.41) is 18.1. The lowest BCUT2D eigenvalue weighted by Gasteiger charge is -2.26. The molecule has 0 fully saturated rings. The Hall–Kier alpha value is -3.52. The summed E-state index contributed by atoms with van der Waals surface area (Å²) in [7, 11) is 0. The molecule has 8 heteroatoms. The topological polar surface area (TPSA) is 97.5 Å². The highest BCUT2D eigenvalue weighted by molar-refractivity contribution is 5.75. The van der Waals surface area contributed by atoms with Gasteiger partial charge in [-0.15, -0.1) is 0 Å². The third-order valence-corrected chi connectivity index (χ3v) is 5.70. The molecule has 0 radical (unpaired) electrons. The molecule has 1 unspecified atom stereocenters. The van der Waals surface area contributed by atoms with Crippen LogP contribution in [0.1, 0.15) is 38.0 Å². The molecule has 172 valence electrons. The fourth-order valence-electron chi connectivity index (χ4n) is 3.44. The van der Waals surface area contributed by atoms with Crippen molar-refractivity contribution in [1.82, 2.24) is 24.6 Å². The first-order chi connectivity index (χ1) is 15.6. The maximum Gasteiger partial charge on any atom is 0.154 e. The van der Waals surface area contributed by atoms with Gasteiger partial charge in [-0.1, -0.05) is 6.92 Å². The number of fused-ring (bicyclic) bond motifs is 1. The molecule has 0 saturated carbocycles. The van der Waals surface area contributed by atoms with Gasteiger partial charge < -0.3 is 15.2 Å². The summed E-state index contributed by atoms with van der Waals surface area (Å²) in [5.41, 5.74) is 3.86. The Morgan fingerprint density at radius 3 is 2.58 bits per heavy atom. The minimum absolute atomic E-state index is 0.0355. The minimum atomic E-state index is -0.820. The number of aromatic nitrogens is 5. The van der Waals surface area contributed by atoms with Crippen LogP contribution in [0.5, 0.6) is 5.75 Å². The van der Waals surface area contributed by atoms with Crippen LogP contribution in [0.25, 0.3) is 16.6 Å². The summed E-state index contributed by atoms with van der Waals surface area (Å²) >= 11 is 0. The molecule has 1 atom stereocenters. The van der Waals surface area contributed by atoms with Crippen LogP contribution in [0, 0.1) is 26.7 Å². The van der Waals surface area contributed by atoms with Gasteiger partial charge in [0.15, 0.2) is 5.82 Å². The predicted octanol–water partition coefficient (Wildman–Crippen LogP) is 4.64. The Labute approximate surface area is 193 Å². The third kappa shape index (κ3) is 5.28. The van der Waals surface area contributed by atoms with Gasteiger partial charge in [-0.05, 0) is 58.4 Å². The number of aliphatic hydroxyl groups is 1. The molecule has 0 amide bonds. The van der Waals surface area contributed by atoms with Crippen molar-refractivity contribution in [3.8, 4) is 16.9 Å². The van der Waals surface area contributed by atoms with Crippen LogP contribution >= 0.6 is 0 Å². The molecule has 0 aliphatic rings. The zero-order valence-corrected chi connectivity index (χ0v) is 19.9. The molecule has 0 aliphatic carbocycles. The van der Waals surface area contributed by atoms with Crippen molar-refractivity contribution in [3.63, 3.8) is 0 Å². The molecule has 0 aliphatic heterocycles. The van der Waals surface area contributed by atoms with Crippen LogP contribution in [0.3, 0.4) is 0 Å². The van der Waals surface area contributed by atoms with Gasteiger partial charge in [-0.2, -0.15) is 5.10 Å². The van der Waals surface area contributed by atoms with Crippen molar-refractivity contribution in [2.24, 2.45) is 5.92 Å². The van der Waals surface area contributed by atoms with Crippen molar-refractivity contribution in [1.29, 1.82) is 0 Å². The highest BCUT2D eigenvalue weighted by Crippen LogP contribution is 2.32. The van der Waals surface area contributed by atoms with E-state index >= 15 is 0 Å². The second-order valence-electron chi connectivity index (χ2n) is 9.07. The van der Waals surface area contributed by atoms with Gasteiger partial charge in [-0.25, -0.2) is 14.5 Å². The quantitative estimate of drug-likeness (QED) is 0.427.